The molecule has 0 radical (unpaired) electrons. The lowest BCUT2D eigenvalue weighted by molar-refractivity contribution is 0.432. The summed E-state index contributed by atoms with van der Waals surface area (Å²) in [6.07, 6.45) is 1.70. The molecule has 3 rings (SSSR count). The number of rotatable bonds is 3. The molecule has 0 amide bonds. The minimum atomic E-state index is 0.476. The Bertz CT molecular complexity index is 661. The maximum absolute atomic E-state index is 5.56. The van der Waals surface area contributed by atoms with Gasteiger partial charge in [-0.2, -0.15) is 4.98 Å². The van der Waals surface area contributed by atoms with E-state index in [4.69, 9.17) is 10.3 Å². The van der Waals surface area contributed by atoms with Crippen LogP contribution < -0.4 is 5.73 Å². The third kappa shape index (κ3) is 2.36. The van der Waals surface area contributed by atoms with Crippen LogP contribution in [0.15, 0.2) is 53.2 Å². The Balaban J connectivity index is 1.92. The Hall–Kier alpha value is -2.53. The Kier molecular flexibility index (Phi) is 3.04. The Morgan fingerprint density at radius 1 is 1.05 bits per heavy atom. The first-order valence-electron chi connectivity index (χ1n) is 5.91. The summed E-state index contributed by atoms with van der Waals surface area (Å²) in [5.41, 5.74) is 8.18. The van der Waals surface area contributed by atoms with Gasteiger partial charge < -0.3 is 10.3 Å². The minimum absolute atomic E-state index is 0.476. The first-order chi connectivity index (χ1) is 9.36. The fourth-order valence-corrected chi connectivity index (χ4v) is 1.72. The molecule has 5 heteroatoms. The molecule has 2 N–H and O–H groups in total. The van der Waals surface area contributed by atoms with Crippen LogP contribution in [0.3, 0.4) is 0 Å². The van der Waals surface area contributed by atoms with Gasteiger partial charge >= 0.3 is 0 Å². The second kappa shape index (κ2) is 4.99. The summed E-state index contributed by atoms with van der Waals surface area (Å²) in [6, 6.07) is 13.3. The molecule has 3 aromatic rings. The van der Waals surface area contributed by atoms with Crippen molar-refractivity contribution in [3.8, 4) is 23.0 Å². The fourth-order valence-electron chi connectivity index (χ4n) is 1.72. The molecule has 0 atom stereocenters. The number of pyridine rings is 1. The summed E-state index contributed by atoms with van der Waals surface area (Å²) in [5.74, 6) is 0.961. The molecular weight excluding hydrogens is 240 g/mol. The van der Waals surface area contributed by atoms with Crippen molar-refractivity contribution in [3.63, 3.8) is 0 Å². The summed E-state index contributed by atoms with van der Waals surface area (Å²) < 4.78 is 5.25. The summed E-state index contributed by atoms with van der Waals surface area (Å²) in [5, 5.41) is 3.93. The zero-order chi connectivity index (χ0) is 13.1. The van der Waals surface area contributed by atoms with E-state index in [1.54, 1.807) is 6.20 Å². The van der Waals surface area contributed by atoms with Crippen LogP contribution in [0, 0.1) is 0 Å². The molecule has 94 valence electrons. The van der Waals surface area contributed by atoms with Gasteiger partial charge in [-0.1, -0.05) is 23.4 Å². The second-order valence-corrected chi connectivity index (χ2v) is 4.04. The fraction of sp³-hybridized carbons (Fsp3) is 0.0714. The second-order valence-electron chi connectivity index (χ2n) is 4.04. The van der Waals surface area contributed by atoms with Gasteiger partial charge in [-0.15, -0.1) is 0 Å². The SMILES string of the molecule is NCc1ccc(-c2nc(-c3ccccn3)no2)cc1. The van der Waals surface area contributed by atoms with Crippen LogP contribution in [0.5, 0.6) is 0 Å². The van der Waals surface area contributed by atoms with Crippen molar-refractivity contribution in [2.75, 3.05) is 0 Å². The van der Waals surface area contributed by atoms with Crippen molar-refractivity contribution in [2.24, 2.45) is 5.73 Å². The molecule has 0 aliphatic rings. The van der Waals surface area contributed by atoms with E-state index in [0.29, 0.717) is 24.0 Å². The monoisotopic (exact) mass is 252 g/mol. The van der Waals surface area contributed by atoms with E-state index in [1.165, 1.54) is 0 Å². The van der Waals surface area contributed by atoms with E-state index in [1.807, 2.05) is 42.5 Å². The highest BCUT2D eigenvalue weighted by atomic mass is 16.5. The topological polar surface area (TPSA) is 77.8 Å². The third-order valence-corrected chi connectivity index (χ3v) is 2.76. The predicted molar refractivity (Wildman–Crippen MR) is 70.9 cm³/mol. The van der Waals surface area contributed by atoms with Gasteiger partial charge in [0.15, 0.2) is 0 Å². The molecule has 0 bridgehead atoms. The molecule has 0 aliphatic carbocycles. The van der Waals surface area contributed by atoms with Gasteiger partial charge in [-0.05, 0) is 29.8 Å². The van der Waals surface area contributed by atoms with Crippen molar-refractivity contribution in [1.82, 2.24) is 15.1 Å². The Labute approximate surface area is 110 Å². The van der Waals surface area contributed by atoms with Crippen LogP contribution in [0.25, 0.3) is 23.0 Å². The van der Waals surface area contributed by atoms with E-state index in [-0.39, 0.29) is 0 Å². The normalized spacial score (nSPS) is 10.6. The quantitative estimate of drug-likeness (QED) is 0.773. The first-order valence-corrected chi connectivity index (χ1v) is 5.91. The summed E-state index contributed by atoms with van der Waals surface area (Å²) in [7, 11) is 0. The van der Waals surface area contributed by atoms with Crippen molar-refractivity contribution < 1.29 is 4.52 Å². The zero-order valence-electron chi connectivity index (χ0n) is 10.2. The number of hydrogen-bond acceptors (Lipinski definition) is 5. The number of aromatic nitrogens is 3. The smallest absolute Gasteiger partial charge is 0.258 e. The van der Waals surface area contributed by atoms with Crippen molar-refractivity contribution in [1.29, 1.82) is 0 Å². The molecule has 1 aromatic carbocycles. The number of nitrogens with zero attached hydrogens (tertiary/aromatic N) is 3. The lowest BCUT2D eigenvalue weighted by Gasteiger charge is -1.97. The molecule has 2 aromatic heterocycles. The van der Waals surface area contributed by atoms with E-state index in [0.717, 1.165) is 11.1 Å². The molecule has 0 saturated heterocycles. The summed E-state index contributed by atoms with van der Waals surface area (Å²) >= 11 is 0. The lowest BCUT2D eigenvalue weighted by Crippen LogP contribution is -1.95. The van der Waals surface area contributed by atoms with E-state index >= 15 is 0 Å². The van der Waals surface area contributed by atoms with Crippen LogP contribution in [-0.2, 0) is 6.54 Å². The molecular formula is C14H12N4O. The summed E-state index contributed by atoms with van der Waals surface area (Å²) in [4.78, 5) is 8.52. The highest BCUT2D eigenvalue weighted by Gasteiger charge is 2.10. The lowest BCUT2D eigenvalue weighted by atomic mass is 10.1. The molecule has 0 spiro atoms. The standard InChI is InChI=1S/C14H12N4O/c15-9-10-4-6-11(7-5-10)14-17-13(18-19-14)12-3-1-2-8-16-12/h1-8H,9,15H2. The molecule has 19 heavy (non-hydrogen) atoms. The van der Waals surface area contributed by atoms with Crippen LogP contribution >= 0.6 is 0 Å². The molecule has 0 aliphatic heterocycles. The molecule has 0 unspecified atom stereocenters. The van der Waals surface area contributed by atoms with Gasteiger partial charge in [-0.25, -0.2) is 0 Å². The maximum atomic E-state index is 5.56. The number of nitrogens with two attached hydrogens (primary N) is 1. The van der Waals surface area contributed by atoms with Crippen molar-refractivity contribution in [2.45, 2.75) is 6.54 Å². The number of hydrogen-bond donors (Lipinski definition) is 1. The van der Waals surface area contributed by atoms with Gasteiger partial charge in [0, 0.05) is 18.3 Å². The van der Waals surface area contributed by atoms with Crippen molar-refractivity contribution >= 4 is 0 Å². The van der Waals surface area contributed by atoms with Gasteiger partial charge in [0.25, 0.3) is 5.89 Å². The van der Waals surface area contributed by atoms with Gasteiger partial charge in [0.2, 0.25) is 5.82 Å². The van der Waals surface area contributed by atoms with E-state index in [9.17, 15) is 0 Å². The Morgan fingerprint density at radius 3 is 2.58 bits per heavy atom. The molecule has 0 fully saturated rings. The van der Waals surface area contributed by atoms with Crippen LogP contribution in [-0.4, -0.2) is 15.1 Å². The first kappa shape index (κ1) is 11.6. The van der Waals surface area contributed by atoms with Crippen LogP contribution in [0.1, 0.15) is 5.56 Å². The van der Waals surface area contributed by atoms with Gasteiger partial charge in [-0.3, -0.25) is 4.98 Å². The molecule has 5 nitrogen and oxygen atoms in total. The molecule has 0 saturated carbocycles. The largest absolute Gasteiger partial charge is 0.334 e. The van der Waals surface area contributed by atoms with E-state index < -0.39 is 0 Å². The minimum Gasteiger partial charge on any atom is -0.334 e. The molecule has 2 heterocycles. The average molecular weight is 252 g/mol. The van der Waals surface area contributed by atoms with E-state index in [2.05, 4.69) is 15.1 Å². The van der Waals surface area contributed by atoms with Crippen LogP contribution in [0.2, 0.25) is 0 Å². The maximum Gasteiger partial charge on any atom is 0.258 e. The predicted octanol–water partition coefficient (Wildman–Crippen LogP) is 2.26. The third-order valence-electron chi connectivity index (χ3n) is 2.76. The average Bonchev–Trinajstić information content (AvgIpc) is 2.98. The Morgan fingerprint density at radius 2 is 1.89 bits per heavy atom. The van der Waals surface area contributed by atoms with Gasteiger partial charge in [0.05, 0.1) is 0 Å². The zero-order valence-corrected chi connectivity index (χ0v) is 10.2. The highest BCUT2D eigenvalue weighted by Crippen LogP contribution is 2.21. The van der Waals surface area contributed by atoms with Crippen LogP contribution in [0.4, 0.5) is 0 Å². The highest BCUT2D eigenvalue weighted by molar-refractivity contribution is 5.57. The van der Waals surface area contributed by atoms with Crippen molar-refractivity contribution in [3.05, 3.63) is 54.2 Å². The van der Waals surface area contributed by atoms with Gasteiger partial charge in [0.1, 0.15) is 5.69 Å². The number of benzene rings is 1. The summed E-state index contributed by atoms with van der Waals surface area (Å²) in [6.45, 7) is 0.517.